The van der Waals surface area contributed by atoms with Gasteiger partial charge in [-0.1, -0.05) is 18.2 Å². The van der Waals surface area contributed by atoms with E-state index in [4.69, 9.17) is 4.74 Å². The topological polar surface area (TPSA) is 94.2 Å². The third-order valence-electron chi connectivity index (χ3n) is 2.49. The standard InChI is InChI=1S/C13H16N2O4S/c1-13(2,3)19-12(16)11-10(15-20(17)18)8-6-4-5-7-9(8)14-11/h4-7,14-15H,1-3H3,(H,17,18)/p-1. The molecule has 1 aromatic carbocycles. The maximum atomic E-state index is 12.1. The number of benzene rings is 1. The number of nitrogens with one attached hydrogen (secondary N) is 2. The van der Waals surface area contributed by atoms with Crippen molar-refractivity contribution in [3.63, 3.8) is 0 Å². The Morgan fingerprint density at radius 2 is 2.00 bits per heavy atom. The molecule has 0 saturated heterocycles. The number of hydrogen-bond acceptors (Lipinski definition) is 4. The van der Waals surface area contributed by atoms with Crippen LogP contribution in [0.4, 0.5) is 5.69 Å². The van der Waals surface area contributed by atoms with E-state index in [1.54, 1.807) is 45.0 Å². The molecule has 0 amide bonds. The number of carbonyl (C=O) groups excluding carboxylic acids is 1. The maximum Gasteiger partial charge on any atom is 0.357 e. The third-order valence-corrected chi connectivity index (χ3v) is 2.87. The average Bonchev–Trinajstić information content (AvgIpc) is 2.66. The lowest BCUT2D eigenvalue weighted by Crippen LogP contribution is -2.24. The summed E-state index contributed by atoms with van der Waals surface area (Å²) < 4.78 is 29.3. The summed E-state index contributed by atoms with van der Waals surface area (Å²) in [7, 11) is 0. The first-order chi connectivity index (χ1) is 9.28. The molecule has 6 nitrogen and oxygen atoms in total. The van der Waals surface area contributed by atoms with Crippen LogP contribution in [0, 0.1) is 0 Å². The number of aromatic amines is 1. The van der Waals surface area contributed by atoms with E-state index in [1.165, 1.54) is 0 Å². The number of rotatable bonds is 3. The van der Waals surface area contributed by atoms with Gasteiger partial charge >= 0.3 is 5.97 Å². The fourth-order valence-corrected chi connectivity index (χ4v) is 2.19. The van der Waals surface area contributed by atoms with Crippen molar-refractivity contribution < 1.29 is 18.3 Å². The molecule has 0 aliphatic heterocycles. The Morgan fingerprint density at radius 3 is 2.60 bits per heavy atom. The van der Waals surface area contributed by atoms with Crippen molar-refractivity contribution in [2.24, 2.45) is 0 Å². The molecule has 2 N–H and O–H groups in total. The van der Waals surface area contributed by atoms with Gasteiger partial charge in [-0.05, 0) is 26.8 Å². The van der Waals surface area contributed by atoms with Crippen LogP contribution in [-0.4, -0.2) is 25.3 Å². The number of H-pyrrole nitrogens is 1. The zero-order valence-electron chi connectivity index (χ0n) is 11.4. The van der Waals surface area contributed by atoms with E-state index in [-0.39, 0.29) is 11.4 Å². The number of fused-ring (bicyclic) bond motifs is 1. The molecule has 1 unspecified atom stereocenters. The first kappa shape index (κ1) is 14.5. The summed E-state index contributed by atoms with van der Waals surface area (Å²) in [5.74, 6) is -0.610. The lowest BCUT2D eigenvalue weighted by Gasteiger charge is -2.19. The van der Waals surface area contributed by atoms with Crippen molar-refractivity contribution in [3.8, 4) is 0 Å². The van der Waals surface area contributed by atoms with Crippen LogP contribution in [0.15, 0.2) is 24.3 Å². The summed E-state index contributed by atoms with van der Waals surface area (Å²) in [6.45, 7) is 5.23. The molecule has 2 aromatic rings. The molecule has 0 fully saturated rings. The van der Waals surface area contributed by atoms with Crippen molar-refractivity contribution in [3.05, 3.63) is 30.0 Å². The Morgan fingerprint density at radius 1 is 1.35 bits per heavy atom. The Balaban J connectivity index is 2.51. The van der Waals surface area contributed by atoms with Gasteiger partial charge < -0.3 is 19.0 Å². The van der Waals surface area contributed by atoms with E-state index < -0.39 is 22.8 Å². The second-order valence-corrected chi connectivity index (χ2v) is 5.93. The Hall–Kier alpha value is -1.86. The van der Waals surface area contributed by atoms with Crippen LogP contribution in [0.3, 0.4) is 0 Å². The van der Waals surface area contributed by atoms with Crippen molar-refractivity contribution in [1.82, 2.24) is 4.98 Å². The van der Waals surface area contributed by atoms with Crippen LogP contribution in [0.5, 0.6) is 0 Å². The number of anilines is 1. The van der Waals surface area contributed by atoms with E-state index in [1.807, 2.05) is 0 Å². The SMILES string of the molecule is CC(C)(C)OC(=O)c1[nH]c2ccccc2c1NS(=O)[O-]. The van der Waals surface area contributed by atoms with Gasteiger partial charge in [0, 0.05) is 22.2 Å². The van der Waals surface area contributed by atoms with E-state index in [0.717, 1.165) is 0 Å². The summed E-state index contributed by atoms with van der Waals surface area (Å²) in [6, 6.07) is 7.01. The Labute approximate surface area is 118 Å². The zero-order chi connectivity index (χ0) is 14.9. The molecule has 1 heterocycles. The lowest BCUT2D eigenvalue weighted by atomic mass is 10.2. The van der Waals surface area contributed by atoms with Crippen molar-refractivity contribution in [2.45, 2.75) is 26.4 Å². The summed E-state index contributed by atoms with van der Waals surface area (Å²) >= 11 is -2.53. The van der Waals surface area contributed by atoms with Gasteiger partial charge in [-0.25, -0.2) is 4.79 Å². The molecule has 0 aliphatic carbocycles. The van der Waals surface area contributed by atoms with Crippen LogP contribution in [0.1, 0.15) is 31.3 Å². The molecule has 20 heavy (non-hydrogen) atoms. The molecule has 1 aromatic heterocycles. The molecular weight excluding hydrogens is 280 g/mol. The molecule has 7 heteroatoms. The normalized spacial score (nSPS) is 13.2. The van der Waals surface area contributed by atoms with Crippen molar-refractivity contribution >= 4 is 33.8 Å². The lowest BCUT2D eigenvalue weighted by molar-refractivity contribution is 0.00652. The predicted molar refractivity (Wildman–Crippen MR) is 76.0 cm³/mol. The van der Waals surface area contributed by atoms with E-state index in [9.17, 15) is 13.6 Å². The van der Waals surface area contributed by atoms with Gasteiger partial charge in [0.1, 0.15) is 11.3 Å². The van der Waals surface area contributed by atoms with Gasteiger partial charge in [-0.2, -0.15) is 0 Å². The fraction of sp³-hybridized carbons (Fsp3) is 0.308. The molecule has 0 aliphatic rings. The Bertz CT molecular complexity index is 673. The summed E-state index contributed by atoms with van der Waals surface area (Å²) in [5, 5.41) is 0.609. The van der Waals surface area contributed by atoms with Crippen LogP contribution < -0.4 is 4.72 Å². The average molecular weight is 295 g/mol. The van der Waals surface area contributed by atoms with Gasteiger partial charge in [0.05, 0.1) is 5.69 Å². The van der Waals surface area contributed by atoms with Gasteiger partial charge in [-0.15, -0.1) is 0 Å². The van der Waals surface area contributed by atoms with Crippen LogP contribution in [0.2, 0.25) is 0 Å². The molecule has 0 radical (unpaired) electrons. The molecular formula is C13H15N2O4S-. The van der Waals surface area contributed by atoms with E-state index >= 15 is 0 Å². The quantitative estimate of drug-likeness (QED) is 0.671. The van der Waals surface area contributed by atoms with Crippen molar-refractivity contribution in [2.75, 3.05) is 4.72 Å². The zero-order valence-corrected chi connectivity index (χ0v) is 12.2. The number of aromatic nitrogens is 1. The number of esters is 1. The van der Waals surface area contributed by atoms with E-state index in [0.29, 0.717) is 10.9 Å². The maximum absolute atomic E-state index is 12.1. The molecule has 0 saturated carbocycles. The first-order valence-electron chi connectivity index (χ1n) is 5.98. The first-order valence-corrected chi connectivity index (χ1v) is 7.05. The van der Waals surface area contributed by atoms with Crippen LogP contribution in [-0.2, 0) is 16.0 Å². The second kappa shape index (κ2) is 5.26. The summed E-state index contributed by atoms with van der Waals surface area (Å²) in [6.07, 6.45) is 0. The number of carbonyl (C=O) groups is 1. The molecule has 0 spiro atoms. The summed E-state index contributed by atoms with van der Waals surface area (Å²) in [5.41, 5.74) is 0.275. The number of ether oxygens (including phenoxy) is 1. The third kappa shape index (κ3) is 3.17. The molecule has 0 bridgehead atoms. The highest BCUT2D eigenvalue weighted by atomic mass is 32.2. The highest BCUT2D eigenvalue weighted by molar-refractivity contribution is 7.80. The summed E-state index contributed by atoms with van der Waals surface area (Å²) in [4.78, 5) is 15.0. The second-order valence-electron chi connectivity index (χ2n) is 5.26. The molecule has 2 rings (SSSR count). The Kier molecular flexibility index (Phi) is 3.82. The van der Waals surface area contributed by atoms with Crippen molar-refractivity contribution in [1.29, 1.82) is 0 Å². The van der Waals surface area contributed by atoms with Gasteiger partial charge in [0.2, 0.25) is 0 Å². The highest BCUT2D eigenvalue weighted by Gasteiger charge is 2.23. The number of hydrogen-bond donors (Lipinski definition) is 2. The van der Waals surface area contributed by atoms with Gasteiger partial charge in [0.25, 0.3) is 0 Å². The monoisotopic (exact) mass is 295 g/mol. The number of para-hydroxylation sites is 1. The largest absolute Gasteiger partial charge is 0.755 e. The van der Waals surface area contributed by atoms with Gasteiger partial charge in [-0.3, -0.25) is 4.21 Å². The minimum atomic E-state index is -2.53. The smallest absolute Gasteiger partial charge is 0.357 e. The minimum absolute atomic E-state index is 0.0883. The van der Waals surface area contributed by atoms with E-state index in [2.05, 4.69) is 9.71 Å². The predicted octanol–water partition coefficient (Wildman–Crippen LogP) is 2.33. The fourth-order valence-electron chi connectivity index (χ4n) is 1.81. The van der Waals surface area contributed by atoms with Crippen LogP contribution in [0.25, 0.3) is 10.9 Å². The molecule has 108 valence electrons. The van der Waals surface area contributed by atoms with Gasteiger partial charge in [0.15, 0.2) is 0 Å². The highest BCUT2D eigenvalue weighted by Crippen LogP contribution is 2.29. The minimum Gasteiger partial charge on any atom is -0.755 e. The van der Waals surface area contributed by atoms with Crippen LogP contribution >= 0.6 is 0 Å². The molecule has 1 atom stereocenters.